The summed E-state index contributed by atoms with van der Waals surface area (Å²) in [4.78, 5) is 0. The van der Waals surface area contributed by atoms with Gasteiger partial charge in [0, 0.05) is 12.2 Å². The van der Waals surface area contributed by atoms with Gasteiger partial charge < -0.3 is 5.32 Å². The van der Waals surface area contributed by atoms with E-state index >= 15 is 0 Å². The lowest BCUT2D eigenvalue weighted by Gasteiger charge is -2.26. The first-order chi connectivity index (χ1) is 6.98. The van der Waals surface area contributed by atoms with E-state index in [1.165, 1.54) is 35.2 Å². The number of benzene rings is 1. The van der Waals surface area contributed by atoms with Gasteiger partial charge in [0.2, 0.25) is 0 Å². The minimum atomic E-state index is 0.261. The quantitative estimate of drug-likeness (QED) is 0.678. The lowest BCUT2D eigenvalue weighted by Crippen LogP contribution is -2.17. The van der Waals surface area contributed by atoms with Crippen LogP contribution in [0, 0.1) is 6.92 Å². The summed E-state index contributed by atoms with van der Waals surface area (Å²) >= 11 is 0. The van der Waals surface area contributed by atoms with Crippen molar-refractivity contribution in [2.24, 2.45) is 0 Å². The van der Waals surface area contributed by atoms with Gasteiger partial charge in [-0.1, -0.05) is 32.9 Å². The number of rotatable bonds is 0. The normalized spacial score (nSPS) is 15.7. The summed E-state index contributed by atoms with van der Waals surface area (Å²) < 4.78 is 0. The summed E-state index contributed by atoms with van der Waals surface area (Å²) in [5, 5.41) is 3.51. The van der Waals surface area contributed by atoms with E-state index in [9.17, 15) is 0 Å². The van der Waals surface area contributed by atoms with E-state index in [0.29, 0.717) is 0 Å². The average molecular weight is 203 g/mol. The lowest BCUT2D eigenvalue weighted by molar-refractivity contribution is 0.588. The molecule has 1 aliphatic heterocycles. The van der Waals surface area contributed by atoms with Crippen LogP contribution in [0.25, 0.3) is 0 Å². The molecule has 0 aliphatic carbocycles. The summed E-state index contributed by atoms with van der Waals surface area (Å²) in [6.45, 7) is 10.2. The van der Waals surface area contributed by atoms with E-state index < -0.39 is 0 Å². The van der Waals surface area contributed by atoms with Gasteiger partial charge in [0.15, 0.2) is 0 Å². The molecule has 1 aliphatic rings. The van der Waals surface area contributed by atoms with Gasteiger partial charge >= 0.3 is 0 Å². The first-order valence-electron chi connectivity index (χ1n) is 5.86. The number of hydrogen-bond acceptors (Lipinski definition) is 1. The SMILES string of the molecule is Cc1cc(C(C)(C)C)cc2c1NCCC2. The fourth-order valence-electron chi connectivity index (χ4n) is 2.24. The smallest absolute Gasteiger partial charge is 0.0402 e. The van der Waals surface area contributed by atoms with Crippen molar-refractivity contribution in [2.75, 3.05) is 11.9 Å². The molecule has 82 valence electrons. The van der Waals surface area contributed by atoms with Crippen LogP contribution in [0.3, 0.4) is 0 Å². The van der Waals surface area contributed by atoms with E-state index in [1.807, 2.05) is 0 Å². The third-order valence-corrected chi connectivity index (χ3v) is 3.21. The third kappa shape index (κ3) is 2.01. The Hall–Kier alpha value is -0.980. The monoisotopic (exact) mass is 203 g/mol. The fraction of sp³-hybridized carbons (Fsp3) is 0.571. The summed E-state index contributed by atoms with van der Waals surface area (Å²) in [5.74, 6) is 0. The largest absolute Gasteiger partial charge is 0.385 e. The van der Waals surface area contributed by atoms with E-state index in [-0.39, 0.29) is 5.41 Å². The Labute approximate surface area is 92.9 Å². The topological polar surface area (TPSA) is 12.0 Å². The Balaban J connectivity index is 2.50. The summed E-state index contributed by atoms with van der Waals surface area (Å²) in [6, 6.07) is 4.71. The molecular formula is C14H21N. The van der Waals surface area contributed by atoms with Crippen molar-refractivity contribution in [3.63, 3.8) is 0 Å². The van der Waals surface area contributed by atoms with Crippen LogP contribution in [-0.2, 0) is 11.8 Å². The second-order valence-electron chi connectivity index (χ2n) is 5.61. The number of fused-ring (bicyclic) bond motifs is 1. The van der Waals surface area contributed by atoms with Crippen molar-refractivity contribution in [3.8, 4) is 0 Å². The molecule has 0 aromatic heterocycles. The van der Waals surface area contributed by atoms with Crippen LogP contribution in [0.15, 0.2) is 12.1 Å². The predicted molar refractivity (Wildman–Crippen MR) is 66.7 cm³/mol. The number of anilines is 1. The first kappa shape index (κ1) is 10.5. The molecule has 1 aromatic rings. The van der Waals surface area contributed by atoms with Crippen molar-refractivity contribution in [1.29, 1.82) is 0 Å². The fourth-order valence-corrected chi connectivity index (χ4v) is 2.24. The van der Waals surface area contributed by atoms with Crippen LogP contribution >= 0.6 is 0 Å². The predicted octanol–water partition coefficient (Wildman–Crippen LogP) is 3.65. The molecule has 1 nitrogen and oxygen atoms in total. The van der Waals surface area contributed by atoms with E-state index in [0.717, 1.165) is 6.54 Å². The zero-order valence-electron chi connectivity index (χ0n) is 10.3. The maximum atomic E-state index is 3.51. The molecule has 15 heavy (non-hydrogen) atoms. The van der Waals surface area contributed by atoms with Crippen LogP contribution in [0.4, 0.5) is 5.69 Å². The van der Waals surface area contributed by atoms with Crippen LogP contribution < -0.4 is 5.32 Å². The minimum Gasteiger partial charge on any atom is -0.385 e. The van der Waals surface area contributed by atoms with Gasteiger partial charge in [0.1, 0.15) is 0 Å². The third-order valence-electron chi connectivity index (χ3n) is 3.21. The second-order valence-corrected chi connectivity index (χ2v) is 5.61. The van der Waals surface area contributed by atoms with Gasteiger partial charge in [0.05, 0.1) is 0 Å². The maximum Gasteiger partial charge on any atom is 0.0402 e. The van der Waals surface area contributed by atoms with Gasteiger partial charge in [-0.25, -0.2) is 0 Å². The molecular weight excluding hydrogens is 182 g/mol. The Morgan fingerprint density at radius 3 is 2.60 bits per heavy atom. The molecule has 0 atom stereocenters. The van der Waals surface area contributed by atoms with Gasteiger partial charge in [-0.3, -0.25) is 0 Å². The standard InChI is InChI=1S/C14H21N/c1-10-8-12(14(2,3)4)9-11-6-5-7-15-13(10)11/h8-9,15H,5-7H2,1-4H3. The molecule has 0 spiro atoms. The molecule has 0 bridgehead atoms. The highest BCUT2D eigenvalue weighted by Crippen LogP contribution is 2.32. The van der Waals surface area contributed by atoms with Crippen molar-refractivity contribution >= 4 is 5.69 Å². The molecule has 0 saturated heterocycles. The molecule has 0 unspecified atom stereocenters. The zero-order valence-corrected chi connectivity index (χ0v) is 10.3. The Kier molecular flexibility index (Phi) is 2.49. The molecule has 1 aromatic carbocycles. The van der Waals surface area contributed by atoms with Crippen molar-refractivity contribution < 1.29 is 0 Å². The maximum absolute atomic E-state index is 3.51. The van der Waals surface area contributed by atoms with Gasteiger partial charge in [0.25, 0.3) is 0 Å². The van der Waals surface area contributed by atoms with Gasteiger partial charge in [-0.2, -0.15) is 0 Å². The van der Waals surface area contributed by atoms with Crippen molar-refractivity contribution in [1.82, 2.24) is 0 Å². The van der Waals surface area contributed by atoms with Crippen LogP contribution in [0.1, 0.15) is 43.9 Å². The molecule has 2 rings (SSSR count). The molecule has 1 heteroatoms. The minimum absolute atomic E-state index is 0.261. The number of hydrogen-bond donors (Lipinski definition) is 1. The lowest BCUT2D eigenvalue weighted by atomic mass is 9.83. The summed E-state index contributed by atoms with van der Waals surface area (Å²) in [5.41, 5.74) is 6.01. The molecule has 0 saturated carbocycles. The average Bonchev–Trinajstić information content (AvgIpc) is 2.16. The first-order valence-corrected chi connectivity index (χ1v) is 5.86. The second kappa shape index (κ2) is 3.55. The van der Waals surface area contributed by atoms with E-state index in [2.05, 4.69) is 45.1 Å². The Bertz CT molecular complexity index is 372. The number of aryl methyl sites for hydroxylation is 2. The Morgan fingerprint density at radius 2 is 1.93 bits per heavy atom. The van der Waals surface area contributed by atoms with E-state index in [4.69, 9.17) is 0 Å². The molecule has 1 heterocycles. The van der Waals surface area contributed by atoms with Gasteiger partial charge in [-0.15, -0.1) is 0 Å². The van der Waals surface area contributed by atoms with Crippen molar-refractivity contribution in [3.05, 3.63) is 28.8 Å². The number of nitrogens with one attached hydrogen (secondary N) is 1. The van der Waals surface area contributed by atoms with Crippen LogP contribution in [0.5, 0.6) is 0 Å². The Morgan fingerprint density at radius 1 is 1.20 bits per heavy atom. The highest BCUT2D eigenvalue weighted by Gasteiger charge is 2.18. The van der Waals surface area contributed by atoms with Crippen LogP contribution in [-0.4, -0.2) is 6.54 Å². The molecule has 0 amide bonds. The highest BCUT2D eigenvalue weighted by molar-refractivity contribution is 5.60. The molecule has 0 radical (unpaired) electrons. The van der Waals surface area contributed by atoms with Crippen molar-refractivity contribution in [2.45, 2.75) is 46.0 Å². The highest BCUT2D eigenvalue weighted by atomic mass is 14.9. The summed E-state index contributed by atoms with van der Waals surface area (Å²) in [7, 11) is 0. The van der Waals surface area contributed by atoms with Gasteiger partial charge in [-0.05, 0) is 41.9 Å². The van der Waals surface area contributed by atoms with Crippen LogP contribution in [0.2, 0.25) is 0 Å². The van der Waals surface area contributed by atoms with E-state index in [1.54, 1.807) is 0 Å². The molecule has 1 N–H and O–H groups in total. The molecule has 0 fully saturated rings. The summed E-state index contributed by atoms with van der Waals surface area (Å²) in [6.07, 6.45) is 2.49. The zero-order chi connectivity index (χ0) is 11.1.